The number of carbonyl (C=O) groups excluding carboxylic acids is 4. The Kier molecular flexibility index (Phi) is 6.74. The van der Waals surface area contributed by atoms with Crippen LogP contribution in [0.4, 0.5) is 0 Å². The van der Waals surface area contributed by atoms with E-state index in [-0.39, 0.29) is 32.9 Å². The van der Waals surface area contributed by atoms with Crippen LogP contribution < -0.4 is 9.47 Å². The minimum absolute atomic E-state index is 0.0218. The van der Waals surface area contributed by atoms with E-state index in [1.54, 1.807) is 27.7 Å². The number of fused-ring (bicyclic) bond motifs is 1. The molecule has 1 aromatic rings. The van der Waals surface area contributed by atoms with E-state index >= 15 is 0 Å². The third kappa shape index (κ3) is 4.14. The van der Waals surface area contributed by atoms with Crippen molar-refractivity contribution in [3.8, 4) is 11.5 Å². The molecule has 3 rings (SSSR count). The van der Waals surface area contributed by atoms with Crippen LogP contribution in [0, 0.1) is 6.92 Å². The molecule has 1 spiro atoms. The molecule has 182 valence electrons. The van der Waals surface area contributed by atoms with E-state index < -0.39 is 46.9 Å². The summed E-state index contributed by atoms with van der Waals surface area (Å²) in [7, 11) is 2.29. The van der Waals surface area contributed by atoms with E-state index in [1.807, 2.05) is 0 Å². The molecule has 9 nitrogen and oxygen atoms in total. The first kappa shape index (κ1) is 25.6. The molecule has 1 heterocycles. The molecule has 1 aromatic carbocycles. The molecule has 1 aliphatic heterocycles. The lowest BCUT2D eigenvalue weighted by Crippen LogP contribution is -2.49. The Balaban J connectivity index is 2.17. The van der Waals surface area contributed by atoms with Crippen LogP contribution in [0.25, 0.3) is 0 Å². The van der Waals surface area contributed by atoms with Gasteiger partial charge in [-0.05, 0) is 33.3 Å². The lowest BCUT2D eigenvalue weighted by atomic mass is 9.81. The first-order chi connectivity index (χ1) is 15.8. The van der Waals surface area contributed by atoms with Crippen LogP contribution in [0.3, 0.4) is 0 Å². The van der Waals surface area contributed by atoms with Gasteiger partial charge in [0.2, 0.25) is 5.78 Å². The van der Waals surface area contributed by atoms with E-state index in [9.17, 15) is 19.2 Å². The maximum Gasteiger partial charge on any atom is 0.344 e. The molecule has 0 N–H and O–H groups in total. The van der Waals surface area contributed by atoms with Crippen LogP contribution in [0.2, 0.25) is 10.0 Å². The molecular formula is C23H22Cl2O9. The van der Waals surface area contributed by atoms with Crippen molar-refractivity contribution in [1.82, 2.24) is 0 Å². The lowest BCUT2D eigenvalue weighted by molar-refractivity contribution is -0.157. The summed E-state index contributed by atoms with van der Waals surface area (Å²) < 4.78 is 26.9. The predicted octanol–water partition coefficient (Wildman–Crippen LogP) is 3.55. The number of hydrogen-bond donors (Lipinski definition) is 0. The van der Waals surface area contributed by atoms with Gasteiger partial charge in [0.05, 0.1) is 24.3 Å². The number of allylic oxidation sites excluding steroid dienone is 2. The molecule has 0 radical (unpaired) electrons. The fourth-order valence-electron chi connectivity index (χ4n) is 3.58. The van der Waals surface area contributed by atoms with Crippen LogP contribution in [-0.4, -0.2) is 55.5 Å². The Morgan fingerprint density at radius 2 is 1.74 bits per heavy atom. The number of rotatable bonds is 5. The number of carbonyl (C=O) groups is 4. The number of methoxy groups -OCH3 is 2. The molecule has 0 aromatic heterocycles. The second kappa shape index (κ2) is 8.96. The highest BCUT2D eigenvalue weighted by Crippen LogP contribution is 2.54. The molecule has 34 heavy (non-hydrogen) atoms. The molecule has 1 aliphatic carbocycles. The summed E-state index contributed by atoms with van der Waals surface area (Å²) in [6.07, 6.45) is 1.93. The van der Waals surface area contributed by atoms with Crippen LogP contribution in [0.5, 0.6) is 11.5 Å². The van der Waals surface area contributed by atoms with Gasteiger partial charge in [-0.3, -0.25) is 9.59 Å². The normalized spacial score (nSPS) is 19.2. The van der Waals surface area contributed by atoms with Gasteiger partial charge < -0.3 is 23.7 Å². The van der Waals surface area contributed by atoms with Crippen LogP contribution in [0.1, 0.15) is 36.7 Å². The van der Waals surface area contributed by atoms with Crippen molar-refractivity contribution in [2.45, 2.75) is 38.9 Å². The van der Waals surface area contributed by atoms with Gasteiger partial charge in [-0.15, -0.1) is 0 Å². The average Bonchev–Trinajstić information content (AvgIpc) is 3.05. The highest BCUT2D eigenvalue weighted by atomic mass is 35.5. The van der Waals surface area contributed by atoms with Crippen LogP contribution in [-0.2, 0) is 28.6 Å². The zero-order valence-corrected chi connectivity index (χ0v) is 20.8. The molecule has 0 saturated carbocycles. The number of ketones is 2. The van der Waals surface area contributed by atoms with Crippen molar-refractivity contribution in [3.63, 3.8) is 0 Å². The molecule has 0 fully saturated rings. The Bertz CT molecular complexity index is 1170. The number of benzene rings is 1. The predicted molar refractivity (Wildman–Crippen MR) is 120 cm³/mol. The summed E-state index contributed by atoms with van der Waals surface area (Å²) in [5, 5.41) is -0.0637. The molecule has 2 aliphatic rings. The van der Waals surface area contributed by atoms with Crippen molar-refractivity contribution in [1.29, 1.82) is 0 Å². The zero-order chi connectivity index (χ0) is 25.6. The quantitative estimate of drug-likeness (QED) is 0.546. The molecular weight excluding hydrogens is 491 g/mol. The minimum atomic E-state index is -2.21. The summed E-state index contributed by atoms with van der Waals surface area (Å²) in [6, 6.07) is 0. The second-order valence-electron chi connectivity index (χ2n) is 8.44. The molecule has 1 atom stereocenters. The third-order valence-electron chi connectivity index (χ3n) is 4.98. The van der Waals surface area contributed by atoms with Crippen LogP contribution >= 0.6 is 23.2 Å². The van der Waals surface area contributed by atoms with Crippen molar-refractivity contribution in [2.24, 2.45) is 0 Å². The number of halogens is 2. The molecule has 0 saturated heterocycles. The largest absolute Gasteiger partial charge is 0.496 e. The number of hydrogen-bond acceptors (Lipinski definition) is 9. The van der Waals surface area contributed by atoms with Crippen molar-refractivity contribution < 1.29 is 42.9 Å². The molecule has 0 amide bonds. The van der Waals surface area contributed by atoms with Gasteiger partial charge in [0.25, 0.3) is 5.60 Å². The Morgan fingerprint density at radius 3 is 2.29 bits per heavy atom. The first-order valence-electron chi connectivity index (χ1n) is 9.99. The Labute approximate surface area is 205 Å². The highest BCUT2D eigenvalue weighted by Gasteiger charge is 2.61. The smallest absolute Gasteiger partial charge is 0.344 e. The first-order valence-corrected chi connectivity index (χ1v) is 10.7. The monoisotopic (exact) mass is 512 g/mol. The fraction of sp³-hybridized carbons (Fsp3) is 0.391. The average molecular weight is 513 g/mol. The van der Waals surface area contributed by atoms with E-state index in [0.717, 1.165) is 19.3 Å². The highest BCUT2D eigenvalue weighted by molar-refractivity contribution is 6.40. The van der Waals surface area contributed by atoms with Gasteiger partial charge in [-0.2, -0.15) is 0 Å². The van der Waals surface area contributed by atoms with Gasteiger partial charge in [0.1, 0.15) is 16.7 Å². The van der Waals surface area contributed by atoms with Gasteiger partial charge in [0.15, 0.2) is 29.6 Å². The van der Waals surface area contributed by atoms with Crippen molar-refractivity contribution >= 4 is 46.7 Å². The number of Topliss-reactive ketones (excluding diaryl/α,β-unsaturated/α-hetero) is 1. The van der Waals surface area contributed by atoms with Gasteiger partial charge >= 0.3 is 11.9 Å². The van der Waals surface area contributed by atoms with E-state index in [1.165, 1.54) is 7.11 Å². The van der Waals surface area contributed by atoms with E-state index in [2.05, 4.69) is 0 Å². The summed E-state index contributed by atoms with van der Waals surface area (Å²) >= 11 is 12.9. The summed E-state index contributed by atoms with van der Waals surface area (Å²) in [4.78, 5) is 50.8. The van der Waals surface area contributed by atoms with Crippen molar-refractivity contribution in [2.75, 3.05) is 20.8 Å². The van der Waals surface area contributed by atoms with Crippen LogP contribution in [0.15, 0.2) is 23.5 Å². The summed E-state index contributed by atoms with van der Waals surface area (Å²) in [5.41, 5.74) is -3.31. The second-order valence-corrected chi connectivity index (χ2v) is 9.19. The fourth-order valence-corrected chi connectivity index (χ4v) is 4.10. The third-order valence-corrected chi connectivity index (χ3v) is 5.89. The summed E-state index contributed by atoms with van der Waals surface area (Å²) in [6.45, 7) is 6.04. The standard InChI is InChI=1S/C23H22Cl2O9/c1-10-16(24)18(32-9-14(27)33-22(2,3)4)15-19(17(10)25)34-23(20(15)28)12(21(29)31-6)7-11(26)8-13(23)30-5/h7-8H,9H2,1-6H3/t23-/m0/s1. The number of ether oxygens (including phenoxy) is 5. The lowest BCUT2D eigenvalue weighted by Gasteiger charge is -2.31. The Morgan fingerprint density at radius 1 is 1.09 bits per heavy atom. The van der Waals surface area contributed by atoms with E-state index in [4.69, 9.17) is 46.9 Å². The Hall–Kier alpha value is -3.04. The maximum absolute atomic E-state index is 13.9. The summed E-state index contributed by atoms with van der Waals surface area (Å²) in [5.74, 6) is -3.76. The topological polar surface area (TPSA) is 114 Å². The number of esters is 2. The van der Waals surface area contributed by atoms with Gasteiger partial charge in [-0.25, -0.2) is 9.59 Å². The minimum Gasteiger partial charge on any atom is -0.496 e. The molecule has 0 bridgehead atoms. The van der Waals surface area contributed by atoms with E-state index in [0.29, 0.717) is 5.56 Å². The van der Waals surface area contributed by atoms with Gasteiger partial charge in [0, 0.05) is 12.2 Å². The van der Waals surface area contributed by atoms with Crippen molar-refractivity contribution in [3.05, 3.63) is 44.7 Å². The maximum atomic E-state index is 13.9. The SMILES string of the molecule is COC(=O)C1=CC(=O)C=C(OC)[C@@]12Oc1c(Cl)c(C)c(Cl)c(OCC(=O)OC(C)(C)C)c1C2=O. The molecule has 11 heteroatoms. The molecule has 0 unspecified atom stereocenters. The zero-order valence-electron chi connectivity index (χ0n) is 19.3. The van der Waals surface area contributed by atoms with Gasteiger partial charge in [-0.1, -0.05) is 23.2 Å².